The normalized spacial score (nSPS) is 25.3. The maximum Gasteiger partial charge on any atom is 0.326 e. The lowest BCUT2D eigenvalue weighted by Gasteiger charge is -2.28. The van der Waals surface area contributed by atoms with Crippen LogP contribution in [0.5, 0.6) is 5.75 Å². The highest BCUT2D eigenvalue weighted by molar-refractivity contribution is 8.03. The van der Waals surface area contributed by atoms with E-state index in [-0.39, 0.29) is 49.7 Å². The van der Waals surface area contributed by atoms with Crippen LogP contribution in [0.25, 0.3) is 5.57 Å². The van der Waals surface area contributed by atoms with Crippen LogP contribution in [0.3, 0.4) is 0 Å². The molecule has 7 atom stereocenters. The second-order valence-corrected chi connectivity index (χ2v) is 15.0. The van der Waals surface area contributed by atoms with E-state index in [2.05, 4.69) is 21.3 Å². The highest BCUT2D eigenvalue weighted by atomic mass is 32.2. The van der Waals surface area contributed by atoms with Gasteiger partial charge in [-0.15, -0.1) is 11.8 Å². The number of ketones is 1. The maximum absolute atomic E-state index is 14.0. The van der Waals surface area contributed by atoms with Gasteiger partial charge in [-0.25, -0.2) is 4.79 Å². The summed E-state index contributed by atoms with van der Waals surface area (Å²) in [5.74, 6) is -6.55. The molecule has 300 valence electrons. The Morgan fingerprint density at radius 1 is 1.11 bits per heavy atom. The molecule has 0 unspecified atom stereocenters. The van der Waals surface area contributed by atoms with E-state index in [0.29, 0.717) is 18.6 Å². The molecule has 0 bridgehead atoms. The number of thioether (sulfide) groups is 1. The number of likely N-dealkylation sites (tertiary alicyclic amines) is 1. The Balaban J connectivity index is 1.68. The van der Waals surface area contributed by atoms with Gasteiger partial charge in [-0.2, -0.15) is 0 Å². The summed E-state index contributed by atoms with van der Waals surface area (Å²) in [7, 11) is 1.52. The Labute approximate surface area is 321 Å². The molecule has 0 spiro atoms. The lowest BCUT2D eigenvalue weighted by molar-refractivity contribution is -0.149. The third-order valence-corrected chi connectivity index (χ3v) is 11.2. The molecular weight excluding hydrogens is 739 g/mol. The first-order valence-corrected chi connectivity index (χ1v) is 19.0. The highest BCUT2D eigenvalue weighted by Crippen LogP contribution is 2.42. The van der Waals surface area contributed by atoms with Gasteiger partial charge < -0.3 is 52.6 Å². The van der Waals surface area contributed by atoms with Crippen molar-refractivity contribution in [3.63, 3.8) is 0 Å². The zero-order valence-corrected chi connectivity index (χ0v) is 31.7. The Morgan fingerprint density at radius 2 is 1.84 bits per heavy atom. The minimum absolute atomic E-state index is 0.0881. The molecule has 18 nitrogen and oxygen atoms in total. The molecule has 3 aliphatic rings. The summed E-state index contributed by atoms with van der Waals surface area (Å²) in [6, 6.07) is -1.09. The first-order chi connectivity index (χ1) is 26.0. The number of fused-ring (bicyclic) bond motifs is 2. The van der Waals surface area contributed by atoms with Crippen LogP contribution in [0, 0.1) is 5.92 Å². The minimum atomic E-state index is -1.64. The monoisotopic (exact) mass is 787 g/mol. The number of allylic oxidation sites excluding steroid dienone is 1. The van der Waals surface area contributed by atoms with Crippen molar-refractivity contribution in [1.29, 1.82) is 0 Å². The summed E-state index contributed by atoms with van der Waals surface area (Å²) >= 11 is 1.18. The van der Waals surface area contributed by atoms with E-state index >= 15 is 0 Å². The zero-order chi connectivity index (χ0) is 40.6. The summed E-state index contributed by atoms with van der Waals surface area (Å²) in [5.41, 5.74) is 14.2. The summed E-state index contributed by atoms with van der Waals surface area (Å²) in [6.45, 7) is 2.59. The molecule has 10 N–H and O–H groups in total. The van der Waals surface area contributed by atoms with Crippen LogP contribution in [0.4, 0.5) is 0 Å². The van der Waals surface area contributed by atoms with Gasteiger partial charge in [0.2, 0.25) is 35.4 Å². The van der Waals surface area contributed by atoms with Crippen molar-refractivity contribution in [2.75, 3.05) is 26.0 Å². The largest absolute Gasteiger partial charge is 0.497 e. The summed E-state index contributed by atoms with van der Waals surface area (Å²) < 4.78 is 5.40. The summed E-state index contributed by atoms with van der Waals surface area (Å²) in [5, 5.41) is 29.9. The van der Waals surface area contributed by atoms with Crippen LogP contribution < -0.4 is 37.5 Å². The van der Waals surface area contributed by atoms with E-state index in [4.69, 9.17) is 16.2 Å². The van der Waals surface area contributed by atoms with Gasteiger partial charge in [0, 0.05) is 38.0 Å². The number of nitrogens with zero attached hydrogens (tertiary/aromatic N) is 1. The number of nitrogens with two attached hydrogens (primary N) is 2. The number of primary amides is 1. The van der Waals surface area contributed by atoms with Crippen LogP contribution in [0.2, 0.25) is 0 Å². The van der Waals surface area contributed by atoms with Crippen molar-refractivity contribution in [3.8, 4) is 5.75 Å². The number of aliphatic carboxylic acids is 1. The molecule has 6 amide bonds. The number of rotatable bonds is 9. The molecular formula is C36H49N7O11S. The number of ether oxygens (including phenoxy) is 1. The Morgan fingerprint density at radius 3 is 2.49 bits per heavy atom. The predicted octanol–water partition coefficient (Wildman–Crippen LogP) is -1.69. The Hall–Kier alpha value is -5.01. The van der Waals surface area contributed by atoms with Gasteiger partial charge in [0.05, 0.1) is 32.2 Å². The number of β-amino-alcohol motifs (C(OH)–C–C–N with tert-alkyl or cyclic N) is 1. The van der Waals surface area contributed by atoms with Gasteiger partial charge in [-0.1, -0.05) is 26.3 Å². The fourth-order valence-electron chi connectivity index (χ4n) is 6.69. The molecule has 2 aliphatic heterocycles. The first kappa shape index (κ1) is 42.7. The summed E-state index contributed by atoms with van der Waals surface area (Å²) in [6.07, 6.45) is -1.56. The number of Topliss-reactive ketones (excluding diaryl/α,β-unsaturated/α-hetero) is 1. The average Bonchev–Trinajstić information content (AvgIpc) is 3.71. The van der Waals surface area contributed by atoms with Gasteiger partial charge in [-0.3, -0.25) is 33.6 Å². The molecule has 1 aromatic rings. The second-order valence-electron chi connectivity index (χ2n) is 13.9. The molecule has 1 fully saturated rings. The number of carboxylic acids is 1. The van der Waals surface area contributed by atoms with Crippen molar-refractivity contribution in [3.05, 3.63) is 34.2 Å². The van der Waals surface area contributed by atoms with Crippen LogP contribution in [-0.2, 0) is 44.8 Å². The Bertz CT molecular complexity index is 1740. The smallest absolute Gasteiger partial charge is 0.326 e. The topological polar surface area (TPSA) is 290 Å². The zero-order valence-electron chi connectivity index (χ0n) is 30.9. The molecule has 4 rings (SSSR count). The number of nitrogens with one attached hydrogen (secondary N) is 4. The molecule has 19 heteroatoms. The van der Waals surface area contributed by atoms with Gasteiger partial charge >= 0.3 is 5.97 Å². The fourth-order valence-corrected chi connectivity index (χ4v) is 7.92. The third-order valence-electron chi connectivity index (χ3n) is 9.94. The quantitative estimate of drug-likeness (QED) is 0.139. The van der Waals surface area contributed by atoms with Crippen molar-refractivity contribution >= 4 is 64.5 Å². The SMILES string of the molecule is CC[C@H](C)[C@@H]1NC(=O)CCC(=O)[C@H](N)CC2=C(Cc3cc(OC)ccc32)SC[C@H](C(=O)N[C@H](CC(N)=O)C(=O)N2C[C@H](O)C[C@H]2C(=O)O)NC(=O)CNC1=O. The van der Waals surface area contributed by atoms with E-state index in [1.807, 2.05) is 19.1 Å². The maximum atomic E-state index is 14.0. The molecule has 1 aromatic carbocycles. The molecule has 0 saturated carbocycles. The van der Waals surface area contributed by atoms with Crippen molar-refractivity contribution in [2.45, 2.75) is 95.1 Å². The lowest BCUT2D eigenvalue weighted by Crippen LogP contribution is -2.58. The highest BCUT2D eigenvalue weighted by Gasteiger charge is 2.42. The van der Waals surface area contributed by atoms with Crippen LogP contribution >= 0.6 is 11.8 Å². The molecule has 1 aliphatic carbocycles. The summed E-state index contributed by atoms with van der Waals surface area (Å²) in [4.78, 5) is 106. The van der Waals surface area contributed by atoms with Crippen molar-refractivity contribution < 1.29 is 53.3 Å². The van der Waals surface area contributed by atoms with Crippen LogP contribution in [-0.4, -0.2) is 125 Å². The number of benzene rings is 1. The first-order valence-electron chi connectivity index (χ1n) is 18.0. The number of aliphatic hydroxyl groups excluding tert-OH is 1. The minimum Gasteiger partial charge on any atom is -0.497 e. The van der Waals surface area contributed by atoms with E-state index in [1.165, 1.54) is 18.9 Å². The molecule has 55 heavy (non-hydrogen) atoms. The van der Waals surface area contributed by atoms with Gasteiger partial charge in [0.15, 0.2) is 0 Å². The molecule has 2 heterocycles. The van der Waals surface area contributed by atoms with E-state index in [9.17, 15) is 48.6 Å². The van der Waals surface area contributed by atoms with Gasteiger partial charge in [0.25, 0.3) is 0 Å². The predicted molar refractivity (Wildman–Crippen MR) is 199 cm³/mol. The molecule has 0 aromatic heterocycles. The van der Waals surface area contributed by atoms with Gasteiger partial charge in [0.1, 0.15) is 35.7 Å². The van der Waals surface area contributed by atoms with E-state index in [1.54, 1.807) is 13.0 Å². The number of hydrogen-bond donors (Lipinski definition) is 8. The number of methoxy groups -OCH3 is 1. The third kappa shape index (κ3) is 11.0. The van der Waals surface area contributed by atoms with Crippen molar-refractivity contribution in [2.24, 2.45) is 17.4 Å². The standard InChI is InChI=1S/C36H49N7O11S/c1-4-17(2)32-34(50)39-14-31(48)40-25(33(49)41-24(13-29(38)46)35(51)43-15-19(44)11-26(43)36(52)53)16-55-28-10-18-9-20(54-3)5-6-21(18)22(28)12-23(37)27(45)7-8-30(47)42-32/h5-6,9,17,19,23-26,32,44H,4,7-8,10-16,37H2,1-3H3,(H2,38,46)(H,39,50)(H,40,48)(H,41,49)(H,42,47)(H,52,53)/t17-,19+,23+,24+,25+,26-,32-/m0/s1. The van der Waals surface area contributed by atoms with E-state index < -0.39 is 90.7 Å². The lowest BCUT2D eigenvalue weighted by atomic mass is 9.95. The number of carbonyl (C=O) groups is 8. The second kappa shape index (κ2) is 19.0. The molecule has 0 radical (unpaired) electrons. The van der Waals surface area contributed by atoms with Crippen LogP contribution in [0.15, 0.2) is 23.1 Å². The fraction of sp³-hybridized carbons (Fsp3) is 0.556. The number of hydrogen-bond acceptors (Lipinski definition) is 12. The van der Waals surface area contributed by atoms with Gasteiger partial charge in [-0.05, 0) is 46.1 Å². The number of carboxylic acid groups (broad SMARTS) is 1. The van der Waals surface area contributed by atoms with Crippen molar-refractivity contribution in [1.82, 2.24) is 26.2 Å². The number of aliphatic hydroxyl groups is 1. The average molecular weight is 788 g/mol. The Kier molecular flexibility index (Phi) is 14.8. The van der Waals surface area contributed by atoms with E-state index in [0.717, 1.165) is 26.5 Å². The number of carbonyl (C=O) groups excluding carboxylic acids is 7. The number of amides is 6. The van der Waals surface area contributed by atoms with Crippen LogP contribution in [0.1, 0.15) is 63.5 Å². The molecule has 1 saturated heterocycles.